The maximum atomic E-state index is 11.3. The number of benzene rings is 2. The summed E-state index contributed by atoms with van der Waals surface area (Å²) in [7, 11) is 1.64. The largest absolute Gasteiger partial charge is 0.381 e. The average Bonchev–Trinajstić information content (AvgIpc) is 2.48. The van der Waals surface area contributed by atoms with Gasteiger partial charge in [-0.1, -0.05) is 35.9 Å². The highest BCUT2D eigenvalue weighted by Crippen LogP contribution is 2.13. The maximum Gasteiger partial charge on any atom is 0.224 e. The van der Waals surface area contributed by atoms with Crippen molar-refractivity contribution in [1.82, 2.24) is 5.32 Å². The van der Waals surface area contributed by atoms with Crippen LogP contribution in [-0.4, -0.2) is 13.0 Å². The Morgan fingerprint density at radius 1 is 1.00 bits per heavy atom. The molecule has 2 aromatic rings. The van der Waals surface area contributed by atoms with Gasteiger partial charge in [0.05, 0.1) is 6.42 Å². The first-order chi connectivity index (χ1) is 9.67. The van der Waals surface area contributed by atoms with E-state index in [1.807, 2.05) is 48.5 Å². The monoisotopic (exact) mass is 288 g/mol. The minimum Gasteiger partial charge on any atom is -0.381 e. The van der Waals surface area contributed by atoms with Gasteiger partial charge in [-0.3, -0.25) is 4.79 Å². The number of carbonyl (C=O) groups excluding carboxylic acids is 1. The van der Waals surface area contributed by atoms with E-state index < -0.39 is 0 Å². The zero-order chi connectivity index (χ0) is 14.4. The lowest BCUT2D eigenvalue weighted by atomic mass is 10.1. The van der Waals surface area contributed by atoms with E-state index in [0.717, 1.165) is 22.8 Å². The molecule has 0 heterocycles. The lowest BCUT2D eigenvalue weighted by Gasteiger charge is -2.08. The number of halogens is 1. The Hall–Kier alpha value is -2.00. The molecule has 0 aromatic heterocycles. The van der Waals surface area contributed by atoms with Crippen LogP contribution in [0, 0.1) is 0 Å². The van der Waals surface area contributed by atoms with Gasteiger partial charge in [0.15, 0.2) is 0 Å². The molecule has 0 radical (unpaired) electrons. The van der Waals surface area contributed by atoms with Crippen LogP contribution in [0.2, 0.25) is 5.02 Å². The van der Waals surface area contributed by atoms with Crippen LogP contribution in [0.5, 0.6) is 0 Å². The van der Waals surface area contributed by atoms with Crippen molar-refractivity contribution in [3.63, 3.8) is 0 Å². The quantitative estimate of drug-likeness (QED) is 0.887. The molecule has 2 N–H and O–H groups in total. The smallest absolute Gasteiger partial charge is 0.224 e. The normalized spacial score (nSPS) is 10.1. The molecule has 0 aliphatic heterocycles. The van der Waals surface area contributed by atoms with Crippen LogP contribution in [0.4, 0.5) is 5.69 Å². The molecule has 0 aliphatic rings. The molecule has 0 atom stereocenters. The van der Waals surface area contributed by atoms with Crippen LogP contribution in [0.25, 0.3) is 0 Å². The predicted octanol–water partition coefficient (Wildman–Crippen LogP) is 3.24. The number of hydrogen-bond donors (Lipinski definition) is 2. The SMILES string of the molecule is CNC(=O)Cc1ccc(NCc2ccc(Cl)cc2)cc1. The van der Waals surface area contributed by atoms with Crippen molar-refractivity contribution in [2.45, 2.75) is 13.0 Å². The van der Waals surface area contributed by atoms with E-state index in [1.54, 1.807) is 7.05 Å². The Morgan fingerprint density at radius 2 is 1.60 bits per heavy atom. The van der Waals surface area contributed by atoms with Crippen molar-refractivity contribution in [3.8, 4) is 0 Å². The van der Waals surface area contributed by atoms with Gasteiger partial charge in [-0.15, -0.1) is 0 Å². The molecule has 0 fully saturated rings. The minimum absolute atomic E-state index is 0.0203. The summed E-state index contributed by atoms with van der Waals surface area (Å²) in [6, 6.07) is 15.6. The first-order valence-corrected chi connectivity index (χ1v) is 6.83. The van der Waals surface area contributed by atoms with Gasteiger partial charge in [-0.25, -0.2) is 0 Å². The van der Waals surface area contributed by atoms with E-state index in [-0.39, 0.29) is 5.91 Å². The molecule has 20 heavy (non-hydrogen) atoms. The summed E-state index contributed by atoms with van der Waals surface area (Å²) < 4.78 is 0. The number of anilines is 1. The fraction of sp³-hybridized carbons (Fsp3) is 0.188. The summed E-state index contributed by atoms with van der Waals surface area (Å²) in [5.74, 6) is 0.0203. The Morgan fingerprint density at radius 3 is 2.20 bits per heavy atom. The second kappa shape index (κ2) is 6.96. The van der Waals surface area contributed by atoms with Crippen molar-refractivity contribution >= 4 is 23.2 Å². The molecule has 0 saturated carbocycles. The lowest BCUT2D eigenvalue weighted by Crippen LogP contribution is -2.19. The third-order valence-corrected chi connectivity index (χ3v) is 3.26. The fourth-order valence-corrected chi connectivity index (χ4v) is 1.95. The predicted molar refractivity (Wildman–Crippen MR) is 83.0 cm³/mol. The molecule has 1 amide bonds. The third kappa shape index (κ3) is 4.28. The van der Waals surface area contributed by atoms with Crippen LogP contribution >= 0.6 is 11.6 Å². The van der Waals surface area contributed by atoms with Gasteiger partial charge in [0.2, 0.25) is 5.91 Å². The van der Waals surface area contributed by atoms with Crippen LogP contribution in [-0.2, 0) is 17.8 Å². The molecule has 0 spiro atoms. The van der Waals surface area contributed by atoms with E-state index in [2.05, 4.69) is 10.6 Å². The number of amides is 1. The summed E-state index contributed by atoms with van der Waals surface area (Å²) >= 11 is 5.85. The van der Waals surface area contributed by atoms with Crippen molar-refractivity contribution in [2.75, 3.05) is 12.4 Å². The number of likely N-dealkylation sites (N-methyl/N-ethyl adjacent to an activating group) is 1. The Kier molecular flexibility index (Phi) is 5.02. The first-order valence-electron chi connectivity index (χ1n) is 6.45. The summed E-state index contributed by atoms with van der Waals surface area (Å²) in [4.78, 5) is 11.3. The summed E-state index contributed by atoms with van der Waals surface area (Å²) in [5.41, 5.74) is 3.20. The Bertz CT molecular complexity index is 564. The van der Waals surface area contributed by atoms with Gasteiger partial charge in [0.25, 0.3) is 0 Å². The minimum atomic E-state index is 0.0203. The summed E-state index contributed by atoms with van der Waals surface area (Å²) in [6.07, 6.45) is 0.411. The second-order valence-corrected chi connectivity index (χ2v) is 4.96. The van der Waals surface area contributed by atoms with Gasteiger partial charge in [-0.2, -0.15) is 0 Å². The number of nitrogens with one attached hydrogen (secondary N) is 2. The Labute approximate surface area is 124 Å². The highest BCUT2D eigenvalue weighted by molar-refractivity contribution is 6.30. The molecule has 2 rings (SSSR count). The molecule has 3 nitrogen and oxygen atoms in total. The summed E-state index contributed by atoms with van der Waals surface area (Å²) in [5, 5.41) is 6.69. The number of hydrogen-bond acceptors (Lipinski definition) is 2. The highest BCUT2D eigenvalue weighted by Gasteiger charge is 2.01. The van der Waals surface area contributed by atoms with Gasteiger partial charge in [-0.05, 0) is 35.4 Å². The number of rotatable bonds is 5. The molecule has 2 aromatic carbocycles. The van der Waals surface area contributed by atoms with Crippen LogP contribution < -0.4 is 10.6 Å². The Balaban J connectivity index is 1.90. The molecule has 104 valence electrons. The van der Waals surface area contributed by atoms with Gasteiger partial charge < -0.3 is 10.6 Å². The van der Waals surface area contributed by atoms with Crippen molar-refractivity contribution in [1.29, 1.82) is 0 Å². The highest BCUT2D eigenvalue weighted by atomic mass is 35.5. The standard InChI is InChI=1S/C16H17ClN2O/c1-18-16(20)10-12-4-8-15(9-5-12)19-11-13-2-6-14(17)7-3-13/h2-9,19H,10-11H2,1H3,(H,18,20). The van der Waals surface area contributed by atoms with Gasteiger partial charge >= 0.3 is 0 Å². The van der Waals surface area contributed by atoms with Crippen LogP contribution in [0.15, 0.2) is 48.5 Å². The molecule has 0 aliphatic carbocycles. The zero-order valence-electron chi connectivity index (χ0n) is 11.3. The topological polar surface area (TPSA) is 41.1 Å². The summed E-state index contributed by atoms with van der Waals surface area (Å²) in [6.45, 7) is 0.742. The van der Waals surface area contributed by atoms with E-state index in [4.69, 9.17) is 11.6 Å². The average molecular weight is 289 g/mol. The van der Waals surface area contributed by atoms with Crippen molar-refractivity contribution < 1.29 is 4.79 Å². The third-order valence-electron chi connectivity index (χ3n) is 3.01. The molecular formula is C16H17ClN2O. The molecule has 0 saturated heterocycles. The molecule has 4 heteroatoms. The lowest BCUT2D eigenvalue weighted by molar-refractivity contribution is -0.119. The van der Waals surface area contributed by atoms with Crippen molar-refractivity contribution in [2.24, 2.45) is 0 Å². The second-order valence-electron chi connectivity index (χ2n) is 4.53. The van der Waals surface area contributed by atoms with E-state index in [0.29, 0.717) is 6.42 Å². The van der Waals surface area contributed by atoms with Crippen molar-refractivity contribution in [3.05, 3.63) is 64.7 Å². The van der Waals surface area contributed by atoms with E-state index in [9.17, 15) is 4.79 Å². The van der Waals surface area contributed by atoms with Gasteiger partial charge in [0, 0.05) is 24.3 Å². The van der Waals surface area contributed by atoms with Crippen LogP contribution in [0.3, 0.4) is 0 Å². The molecule has 0 bridgehead atoms. The van der Waals surface area contributed by atoms with E-state index in [1.165, 1.54) is 5.56 Å². The van der Waals surface area contributed by atoms with Gasteiger partial charge in [0.1, 0.15) is 0 Å². The van der Waals surface area contributed by atoms with E-state index >= 15 is 0 Å². The first kappa shape index (κ1) is 14.4. The van der Waals surface area contributed by atoms with Crippen LogP contribution in [0.1, 0.15) is 11.1 Å². The zero-order valence-corrected chi connectivity index (χ0v) is 12.1. The maximum absolute atomic E-state index is 11.3. The number of carbonyl (C=O) groups is 1. The molecular weight excluding hydrogens is 272 g/mol. The molecule has 0 unspecified atom stereocenters. The fourth-order valence-electron chi connectivity index (χ4n) is 1.82.